The predicted molar refractivity (Wildman–Crippen MR) is 89.1 cm³/mol. The van der Waals surface area contributed by atoms with E-state index in [-0.39, 0.29) is 17.6 Å². The van der Waals surface area contributed by atoms with Crippen molar-refractivity contribution in [3.05, 3.63) is 12.3 Å². The number of aromatic nitrogens is 2. The van der Waals surface area contributed by atoms with Gasteiger partial charge in [0.1, 0.15) is 11.9 Å². The fourth-order valence-electron chi connectivity index (χ4n) is 3.30. The Morgan fingerprint density at radius 3 is 2.96 bits per heavy atom. The van der Waals surface area contributed by atoms with Crippen LogP contribution in [0.4, 0.5) is 5.82 Å². The zero-order valence-electron chi connectivity index (χ0n) is 13.8. The molecule has 3 rings (SSSR count). The van der Waals surface area contributed by atoms with E-state index in [1.165, 1.54) is 0 Å². The van der Waals surface area contributed by atoms with Gasteiger partial charge in [-0.25, -0.2) is 17.8 Å². The average molecular weight is 356 g/mol. The lowest BCUT2D eigenvalue weighted by Crippen LogP contribution is -2.53. The largest absolute Gasteiger partial charge is 0.381 e. The van der Waals surface area contributed by atoms with Gasteiger partial charge in [-0.2, -0.15) is 5.10 Å². The summed E-state index contributed by atoms with van der Waals surface area (Å²) in [5.74, 6) is 0.543. The summed E-state index contributed by atoms with van der Waals surface area (Å²) in [6, 6.07) is 1.08. The molecule has 134 valence electrons. The summed E-state index contributed by atoms with van der Waals surface area (Å²) in [4.78, 5) is 14.4. The number of rotatable bonds is 6. The van der Waals surface area contributed by atoms with E-state index in [2.05, 4.69) is 9.82 Å². The summed E-state index contributed by atoms with van der Waals surface area (Å²) in [6.07, 6.45) is 3.68. The topological polar surface area (TPSA) is 93.5 Å². The van der Waals surface area contributed by atoms with Crippen LogP contribution in [0.1, 0.15) is 26.2 Å². The summed E-state index contributed by atoms with van der Waals surface area (Å²) in [6.45, 7) is 4.27. The van der Waals surface area contributed by atoms with Crippen molar-refractivity contribution in [2.75, 3.05) is 30.4 Å². The lowest BCUT2D eigenvalue weighted by molar-refractivity contribution is -0.121. The first-order valence-electron chi connectivity index (χ1n) is 8.41. The molecule has 9 heteroatoms. The number of hydrogen-bond acceptors (Lipinski definition) is 5. The highest BCUT2D eigenvalue weighted by molar-refractivity contribution is 7.89. The summed E-state index contributed by atoms with van der Waals surface area (Å²) in [7, 11) is -3.51. The summed E-state index contributed by atoms with van der Waals surface area (Å²) in [5.41, 5.74) is 0. The quantitative estimate of drug-likeness (QED) is 0.794. The highest BCUT2D eigenvalue weighted by atomic mass is 32.2. The number of nitrogens with one attached hydrogen (secondary N) is 1. The summed E-state index contributed by atoms with van der Waals surface area (Å²) >= 11 is 0. The molecule has 0 radical (unpaired) electrons. The van der Waals surface area contributed by atoms with Crippen LogP contribution < -0.4 is 9.62 Å². The molecule has 0 spiro atoms. The Balaban J connectivity index is 1.68. The standard InChI is InChI=1S/C15H24N4O4S/c1-2-19-14(5-7-16-19)18-8-3-4-13(15(18)20)17-24(21,22)11-12-6-9-23-10-12/h5,7,12-13,17H,2-4,6,8-11H2,1H3/t12-,13-/m0/s1. The molecular weight excluding hydrogens is 332 g/mol. The van der Waals surface area contributed by atoms with Crippen molar-refractivity contribution in [2.45, 2.75) is 38.8 Å². The van der Waals surface area contributed by atoms with Crippen LogP contribution in [-0.4, -0.2) is 55.7 Å². The molecule has 0 unspecified atom stereocenters. The molecular formula is C15H24N4O4S. The lowest BCUT2D eigenvalue weighted by atomic mass is 10.1. The fraction of sp³-hybridized carbons (Fsp3) is 0.733. The normalized spacial score (nSPS) is 25.4. The van der Waals surface area contributed by atoms with Gasteiger partial charge < -0.3 is 4.74 Å². The van der Waals surface area contributed by atoms with Crippen LogP contribution in [0.2, 0.25) is 0 Å². The Labute approximate surface area is 142 Å². The molecule has 0 bridgehead atoms. The van der Waals surface area contributed by atoms with Gasteiger partial charge in [0.25, 0.3) is 0 Å². The predicted octanol–water partition coefficient (Wildman–Crippen LogP) is 0.354. The van der Waals surface area contributed by atoms with Crippen molar-refractivity contribution in [3.8, 4) is 0 Å². The molecule has 24 heavy (non-hydrogen) atoms. The Bertz CT molecular complexity index is 681. The first kappa shape index (κ1) is 17.4. The molecule has 1 aromatic heterocycles. The van der Waals surface area contributed by atoms with Gasteiger partial charge in [0.15, 0.2) is 0 Å². The number of ether oxygens (including phenoxy) is 1. The van der Waals surface area contributed by atoms with E-state index in [1.807, 2.05) is 6.92 Å². The van der Waals surface area contributed by atoms with Crippen LogP contribution in [0.15, 0.2) is 12.3 Å². The van der Waals surface area contributed by atoms with Crippen molar-refractivity contribution in [1.29, 1.82) is 0 Å². The van der Waals surface area contributed by atoms with E-state index in [4.69, 9.17) is 4.74 Å². The Morgan fingerprint density at radius 1 is 1.42 bits per heavy atom. The van der Waals surface area contributed by atoms with Crippen molar-refractivity contribution >= 4 is 21.7 Å². The third-order valence-corrected chi connectivity index (χ3v) is 6.06. The maximum absolute atomic E-state index is 12.7. The fourth-order valence-corrected chi connectivity index (χ4v) is 4.93. The first-order valence-corrected chi connectivity index (χ1v) is 10.1. The molecule has 2 aliphatic heterocycles. The zero-order chi connectivity index (χ0) is 17.2. The Kier molecular flexibility index (Phi) is 5.21. The Hall–Kier alpha value is -1.45. The molecule has 2 saturated heterocycles. The van der Waals surface area contributed by atoms with E-state index < -0.39 is 16.1 Å². The van der Waals surface area contributed by atoms with Crippen molar-refractivity contribution in [3.63, 3.8) is 0 Å². The molecule has 8 nitrogen and oxygen atoms in total. The molecule has 2 aliphatic rings. The molecule has 3 heterocycles. The number of hydrogen-bond donors (Lipinski definition) is 1. The monoisotopic (exact) mass is 356 g/mol. The van der Waals surface area contributed by atoms with Crippen molar-refractivity contribution in [1.82, 2.24) is 14.5 Å². The third kappa shape index (κ3) is 3.79. The SMILES string of the molecule is CCn1nccc1N1CCC[C@H](NS(=O)(=O)C[C@H]2CCOC2)C1=O. The minimum atomic E-state index is -3.51. The van der Waals surface area contributed by atoms with Crippen LogP contribution in [0.25, 0.3) is 0 Å². The van der Waals surface area contributed by atoms with Gasteiger partial charge >= 0.3 is 0 Å². The zero-order valence-corrected chi connectivity index (χ0v) is 14.7. The van der Waals surface area contributed by atoms with E-state index in [1.54, 1.807) is 21.8 Å². The minimum Gasteiger partial charge on any atom is -0.381 e. The van der Waals surface area contributed by atoms with Crippen LogP contribution in [0, 0.1) is 5.92 Å². The van der Waals surface area contributed by atoms with Crippen molar-refractivity contribution in [2.24, 2.45) is 5.92 Å². The summed E-state index contributed by atoms with van der Waals surface area (Å²) < 4.78 is 34.3. The number of anilines is 1. The van der Waals surface area contributed by atoms with Gasteiger partial charge in [0.2, 0.25) is 15.9 Å². The molecule has 0 saturated carbocycles. The maximum atomic E-state index is 12.7. The van der Waals surface area contributed by atoms with E-state index >= 15 is 0 Å². The molecule has 0 aromatic carbocycles. The molecule has 1 N–H and O–H groups in total. The number of aryl methyl sites for hydroxylation is 1. The van der Waals surface area contributed by atoms with Crippen LogP contribution in [0.5, 0.6) is 0 Å². The molecule has 2 atom stereocenters. The second-order valence-electron chi connectivity index (χ2n) is 6.32. The van der Waals surface area contributed by atoms with Gasteiger partial charge in [-0.15, -0.1) is 0 Å². The minimum absolute atomic E-state index is 0.0128. The molecule has 2 fully saturated rings. The Morgan fingerprint density at radius 2 is 2.25 bits per heavy atom. The van der Waals surface area contributed by atoms with Gasteiger partial charge in [-0.1, -0.05) is 0 Å². The highest BCUT2D eigenvalue weighted by Crippen LogP contribution is 2.22. The lowest BCUT2D eigenvalue weighted by Gasteiger charge is -2.32. The second-order valence-corrected chi connectivity index (χ2v) is 8.12. The third-order valence-electron chi connectivity index (χ3n) is 4.51. The van der Waals surface area contributed by atoms with Crippen LogP contribution >= 0.6 is 0 Å². The molecule has 0 aliphatic carbocycles. The maximum Gasteiger partial charge on any atom is 0.246 e. The smallest absolute Gasteiger partial charge is 0.246 e. The van der Waals surface area contributed by atoms with Gasteiger partial charge in [0, 0.05) is 25.8 Å². The highest BCUT2D eigenvalue weighted by Gasteiger charge is 2.34. The van der Waals surface area contributed by atoms with Crippen LogP contribution in [-0.2, 0) is 26.1 Å². The van der Waals surface area contributed by atoms with Gasteiger partial charge in [-0.3, -0.25) is 9.69 Å². The van der Waals surface area contributed by atoms with E-state index in [0.717, 1.165) is 18.7 Å². The van der Waals surface area contributed by atoms with E-state index in [9.17, 15) is 13.2 Å². The van der Waals surface area contributed by atoms with Gasteiger partial charge in [-0.05, 0) is 32.1 Å². The first-order chi connectivity index (χ1) is 11.5. The number of piperidine rings is 1. The number of sulfonamides is 1. The number of amides is 1. The molecule has 1 amide bonds. The summed E-state index contributed by atoms with van der Waals surface area (Å²) in [5, 5.41) is 4.18. The number of nitrogens with zero attached hydrogens (tertiary/aromatic N) is 3. The van der Waals surface area contributed by atoms with Crippen molar-refractivity contribution < 1.29 is 17.9 Å². The van der Waals surface area contributed by atoms with Crippen LogP contribution in [0.3, 0.4) is 0 Å². The van der Waals surface area contributed by atoms with Gasteiger partial charge in [0.05, 0.1) is 18.6 Å². The number of carbonyl (C=O) groups excluding carboxylic acids is 1. The average Bonchev–Trinajstić information content (AvgIpc) is 3.19. The second kappa shape index (κ2) is 7.20. The van der Waals surface area contributed by atoms with E-state index in [0.29, 0.717) is 32.7 Å². The molecule has 1 aromatic rings. The number of carbonyl (C=O) groups is 1.